The number of hydrogen-bond donors (Lipinski definition) is 2. The predicted molar refractivity (Wildman–Crippen MR) is 99.5 cm³/mol. The minimum atomic E-state index is -0.612. The van der Waals surface area contributed by atoms with E-state index in [1.54, 1.807) is 4.90 Å². The van der Waals surface area contributed by atoms with Crippen molar-refractivity contribution in [3.63, 3.8) is 0 Å². The summed E-state index contributed by atoms with van der Waals surface area (Å²) in [6.45, 7) is 2.90. The van der Waals surface area contributed by atoms with E-state index >= 15 is 0 Å². The summed E-state index contributed by atoms with van der Waals surface area (Å²) < 4.78 is 6.90. The van der Waals surface area contributed by atoms with Crippen molar-refractivity contribution >= 4 is 33.7 Å². The highest BCUT2D eigenvalue weighted by Gasteiger charge is 2.47. The van der Waals surface area contributed by atoms with Gasteiger partial charge < -0.3 is 15.0 Å². The largest absolute Gasteiger partial charge is 0.492 e. The van der Waals surface area contributed by atoms with Gasteiger partial charge in [0, 0.05) is 27.4 Å². The monoisotopic (exact) mass is 433 g/mol. The normalized spacial score (nSPS) is 26.0. The van der Waals surface area contributed by atoms with Crippen molar-refractivity contribution in [3.05, 3.63) is 27.2 Å². The van der Waals surface area contributed by atoms with E-state index in [1.165, 1.54) is 5.56 Å². The van der Waals surface area contributed by atoms with E-state index in [0.29, 0.717) is 25.1 Å². The van der Waals surface area contributed by atoms with Gasteiger partial charge in [0.25, 0.3) is 5.91 Å². The maximum absolute atomic E-state index is 13.1. The molecule has 0 aromatic heterocycles. The number of carbonyl (C=O) groups excluding carboxylic acids is 3. The number of carbonyl (C=O) groups is 3. The van der Waals surface area contributed by atoms with Crippen LogP contribution in [-0.2, 0) is 21.5 Å². The van der Waals surface area contributed by atoms with Crippen LogP contribution in [0.4, 0.5) is 0 Å². The zero-order valence-electron chi connectivity index (χ0n) is 14.8. The predicted octanol–water partition coefficient (Wildman–Crippen LogP) is 1.22. The first-order chi connectivity index (χ1) is 13.0. The molecular weight excluding hydrogens is 414 g/mol. The Bertz CT molecular complexity index is 878. The number of benzene rings is 1. The van der Waals surface area contributed by atoms with Crippen LogP contribution in [0.2, 0.25) is 0 Å². The number of halogens is 1. The third-order valence-corrected chi connectivity index (χ3v) is 6.97. The average molecular weight is 434 g/mol. The topological polar surface area (TPSA) is 87.7 Å². The van der Waals surface area contributed by atoms with Crippen LogP contribution in [0.15, 0.2) is 10.5 Å². The van der Waals surface area contributed by atoms with Crippen molar-refractivity contribution in [1.82, 2.24) is 15.5 Å². The van der Waals surface area contributed by atoms with Crippen LogP contribution in [0, 0.1) is 0 Å². The van der Waals surface area contributed by atoms with Gasteiger partial charge in [-0.3, -0.25) is 19.7 Å². The van der Waals surface area contributed by atoms with Crippen molar-refractivity contribution in [2.45, 2.75) is 43.7 Å². The Hall–Kier alpha value is -1.93. The Kier molecular flexibility index (Phi) is 3.84. The fourth-order valence-electron chi connectivity index (χ4n) is 4.85. The molecule has 4 aliphatic heterocycles. The first-order valence-electron chi connectivity index (χ1n) is 9.34. The number of amides is 3. The molecule has 0 radical (unpaired) electrons. The summed E-state index contributed by atoms with van der Waals surface area (Å²) in [5.74, 6) is -0.0307. The van der Waals surface area contributed by atoms with Crippen LogP contribution < -0.4 is 15.4 Å². The van der Waals surface area contributed by atoms with E-state index in [2.05, 4.69) is 26.6 Å². The van der Waals surface area contributed by atoms with Crippen molar-refractivity contribution < 1.29 is 19.1 Å². The molecule has 4 aliphatic rings. The lowest BCUT2D eigenvalue weighted by atomic mass is 9.74. The van der Waals surface area contributed by atoms with Crippen LogP contribution >= 0.6 is 15.9 Å². The van der Waals surface area contributed by atoms with Gasteiger partial charge in [-0.1, -0.05) is 0 Å². The lowest BCUT2D eigenvalue weighted by Gasteiger charge is -2.32. The molecule has 1 aromatic rings. The third-order valence-electron chi connectivity index (χ3n) is 6.34. The maximum atomic E-state index is 13.1. The molecule has 2 N–H and O–H groups in total. The summed E-state index contributed by atoms with van der Waals surface area (Å²) >= 11 is 3.59. The van der Waals surface area contributed by atoms with Gasteiger partial charge >= 0.3 is 0 Å². The summed E-state index contributed by atoms with van der Waals surface area (Å²) in [5.41, 5.74) is 2.63. The van der Waals surface area contributed by atoms with Gasteiger partial charge in [0.1, 0.15) is 11.8 Å². The molecule has 7 nitrogen and oxygen atoms in total. The van der Waals surface area contributed by atoms with Gasteiger partial charge in [-0.25, -0.2) is 0 Å². The molecular formula is C19H20BrN3O4. The lowest BCUT2D eigenvalue weighted by Crippen LogP contribution is -2.52. The van der Waals surface area contributed by atoms with Crippen LogP contribution in [0.3, 0.4) is 0 Å². The number of nitrogens with zero attached hydrogens (tertiary/aromatic N) is 1. The number of fused-ring (bicyclic) bond motifs is 4. The van der Waals surface area contributed by atoms with E-state index in [1.807, 2.05) is 6.07 Å². The second kappa shape index (κ2) is 6.04. The zero-order valence-corrected chi connectivity index (χ0v) is 16.4. The van der Waals surface area contributed by atoms with Crippen molar-refractivity contribution in [1.29, 1.82) is 0 Å². The number of nitrogens with one attached hydrogen (secondary N) is 2. The standard InChI is InChI=1S/C19H20BrN3O4/c20-12-7-11-16(27-9-19(11)3-5-21-6-4-19)10-8-23(18(26)15(10)12)13-1-2-14(24)22-17(13)25/h7,13,21H,1-6,8-9H2,(H,22,24,25)/t13-/m0/s1. The molecule has 0 bridgehead atoms. The van der Waals surface area contributed by atoms with E-state index in [0.717, 1.165) is 41.7 Å². The molecule has 8 heteroatoms. The average Bonchev–Trinajstić information content (AvgIpc) is 3.16. The molecule has 4 heterocycles. The molecule has 0 aliphatic carbocycles. The molecule has 3 amide bonds. The zero-order chi connectivity index (χ0) is 18.8. The summed E-state index contributed by atoms with van der Waals surface area (Å²) in [7, 11) is 0. The van der Waals surface area contributed by atoms with E-state index in [9.17, 15) is 14.4 Å². The summed E-state index contributed by atoms with van der Waals surface area (Å²) in [4.78, 5) is 38.4. The lowest BCUT2D eigenvalue weighted by molar-refractivity contribution is -0.136. The van der Waals surface area contributed by atoms with Gasteiger partial charge in [0.15, 0.2) is 0 Å². The van der Waals surface area contributed by atoms with Gasteiger partial charge in [0.05, 0.1) is 18.7 Å². The SMILES string of the molecule is O=C1CC[C@H](N2Cc3c4c(cc(Br)c3C2=O)C2(CCNCC2)CO4)C(=O)N1. The molecule has 2 saturated heterocycles. The Balaban J connectivity index is 1.53. The summed E-state index contributed by atoms with van der Waals surface area (Å²) in [5, 5.41) is 5.74. The van der Waals surface area contributed by atoms with Gasteiger partial charge in [-0.05, 0) is 54.3 Å². The number of hydrogen-bond acceptors (Lipinski definition) is 5. The quantitative estimate of drug-likeness (QED) is 0.650. The Labute approximate surface area is 164 Å². The van der Waals surface area contributed by atoms with Crippen LogP contribution in [-0.4, -0.2) is 48.4 Å². The molecule has 0 saturated carbocycles. The molecule has 0 unspecified atom stereocenters. The summed E-state index contributed by atoms with van der Waals surface area (Å²) in [6, 6.07) is 1.43. The maximum Gasteiger partial charge on any atom is 0.256 e. The summed E-state index contributed by atoms with van der Waals surface area (Å²) in [6.07, 6.45) is 2.63. The number of piperidine rings is 2. The van der Waals surface area contributed by atoms with Gasteiger partial charge in [-0.15, -0.1) is 0 Å². The highest BCUT2D eigenvalue weighted by Crippen LogP contribution is 2.50. The van der Waals surface area contributed by atoms with Crippen molar-refractivity contribution in [3.8, 4) is 5.75 Å². The first-order valence-corrected chi connectivity index (χ1v) is 10.1. The molecule has 27 heavy (non-hydrogen) atoms. The number of ether oxygens (including phenoxy) is 1. The van der Waals surface area contributed by atoms with Gasteiger partial charge in [-0.2, -0.15) is 0 Å². The smallest absolute Gasteiger partial charge is 0.256 e. The van der Waals surface area contributed by atoms with Crippen molar-refractivity contribution in [2.75, 3.05) is 19.7 Å². The van der Waals surface area contributed by atoms with Gasteiger partial charge in [0.2, 0.25) is 11.8 Å². The second-order valence-corrected chi connectivity index (χ2v) is 8.66. The minimum absolute atomic E-state index is 0.00321. The van der Waals surface area contributed by atoms with Crippen molar-refractivity contribution in [2.24, 2.45) is 0 Å². The fraction of sp³-hybridized carbons (Fsp3) is 0.526. The Morgan fingerprint density at radius 1 is 1.22 bits per heavy atom. The first kappa shape index (κ1) is 17.2. The third kappa shape index (κ3) is 2.46. The van der Waals surface area contributed by atoms with Crippen LogP contribution in [0.5, 0.6) is 5.75 Å². The Morgan fingerprint density at radius 3 is 2.74 bits per heavy atom. The molecule has 1 spiro atoms. The number of imide groups is 1. The molecule has 142 valence electrons. The van der Waals surface area contributed by atoms with E-state index < -0.39 is 11.9 Å². The van der Waals surface area contributed by atoms with Crippen LogP contribution in [0.1, 0.15) is 47.2 Å². The molecule has 1 aromatic carbocycles. The van der Waals surface area contributed by atoms with E-state index in [4.69, 9.17) is 4.74 Å². The fourth-order valence-corrected chi connectivity index (χ4v) is 5.49. The number of rotatable bonds is 1. The Morgan fingerprint density at radius 2 is 2.00 bits per heavy atom. The molecule has 5 rings (SSSR count). The minimum Gasteiger partial charge on any atom is -0.492 e. The second-order valence-electron chi connectivity index (χ2n) is 7.81. The highest BCUT2D eigenvalue weighted by molar-refractivity contribution is 9.10. The highest BCUT2D eigenvalue weighted by atomic mass is 79.9. The van der Waals surface area contributed by atoms with E-state index in [-0.39, 0.29) is 23.7 Å². The molecule has 1 atom stereocenters. The molecule has 2 fully saturated rings. The van der Waals surface area contributed by atoms with Crippen LogP contribution in [0.25, 0.3) is 0 Å².